The summed E-state index contributed by atoms with van der Waals surface area (Å²) in [4.78, 5) is 8.92. The minimum absolute atomic E-state index is 0.683. The molecule has 1 fully saturated rings. The van der Waals surface area contributed by atoms with Gasteiger partial charge in [0.25, 0.3) is 0 Å². The summed E-state index contributed by atoms with van der Waals surface area (Å²) in [5.41, 5.74) is 2.62. The van der Waals surface area contributed by atoms with E-state index < -0.39 is 0 Å². The average molecular weight is 277 g/mol. The second-order valence-corrected chi connectivity index (χ2v) is 5.97. The number of nitrogens with one attached hydrogen (secondary N) is 2. The van der Waals surface area contributed by atoms with Gasteiger partial charge in [0.2, 0.25) is 0 Å². The number of hydrazine groups is 1. The Hall–Kier alpha value is -1.36. The SMILES string of the molecule is CCCc1nc(NN)cc(NCC2CCCC(C)C2)n1. The van der Waals surface area contributed by atoms with Gasteiger partial charge in [-0.1, -0.05) is 26.7 Å². The third-order valence-electron chi connectivity index (χ3n) is 4.01. The molecule has 20 heavy (non-hydrogen) atoms. The number of hydrogen-bond acceptors (Lipinski definition) is 5. The van der Waals surface area contributed by atoms with Crippen LogP contribution in [0.1, 0.15) is 51.8 Å². The molecule has 112 valence electrons. The van der Waals surface area contributed by atoms with Gasteiger partial charge in [-0.2, -0.15) is 0 Å². The van der Waals surface area contributed by atoms with E-state index in [9.17, 15) is 0 Å². The first-order chi connectivity index (χ1) is 9.71. The standard InChI is InChI=1S/C15H27N5/c1-3-5-13-18-14(9-15(19-13)20-16)17-10-12-7-4-6-11(2)8-12/h9,11-12H,3-8,10,16H2,1-2H3,(H2,17,18,19,20). The first-order valence-corrected chi connectivity index (χ1v) is 7.79. The van der Waals surface area contributed by atoms with E-state index in [0.717, 1.165) is 42.9 Å². The molecule has 0 saturated heterocycles. The Bertz CT molecular complexity index is 421. The van der Waals surface area contributed by atoms with Gasteiger partial charge >= 0.3 is 0 Å². The molecule has 1 aromatic heterocycles. The molecule has 1 aliphatic carbocycles. The summed E-state index contributed by atoms with van der Waals surface area (Å²) in [5.74, 6) is 9.51. The Balaban J connectivity index is 1.95. The van der Waals surface area contributed by atoms with Gasteiger partial charge in [0.1, 0.15) is 17.5 Å². The van der Waals surface area contributed by atoms with E-state index in [4.69, 9.17) is 5.84 Å². The molecule has 1 aliphatic rings. The summed E-state index contributed by atoms with van der Waals surface area (Å²) in [6.07, 6.45) is 7.30. The van der Waals surface area contributed by atoms with Gasteiger partial charge in [0.15, 0.2) is 0 Å². The van der Waals surface area contributed by atoms with Crippen molar-refractivity contribution in [3.8, 4) is 0 Å². The van der Waals surface area contributed by atoms with Gasteiger partial charge < -0.3 is 10.7 Å². The van der Waals surface area contributed by atoms with Crippen LogP contribution >= 0.6 is 0 Å². The normalized spacial score (nSPS) is 22.6. The molecule has 0 radical (unpaired) electrons. The van der Waals surface area contributed by atoms with Crippen molar-refractivity contribution in [3.05, 3.63) is 11.9 Å². The third kappa shape index (κ3) is 4.34. The van der Waals surface area contributed by atoms with Crippen LogP contribution in [0.2, 0.25) is 0 Å². The smallest absolute Gasteiger partial charge is 0.145 e. The molecule has 4 N–H and O–H groups in total. The highest BCUT2D eigenvalue weighted by atomic mass is 15.3. The molecule has 5 heteroatoms. The zero-order valence-electron chi connectivity index (χ0n) is 12.7. The van der Waals surface area contributed by atoms with E-state index >= 15 is 0 Å². The zero-order chi connectivity index (χ0) is 14.4. The van der Waals surface area contributed by atoms with E-state index in [1.165, 1.54) is 25.7 Å². The lowest BCUT2D eigenvalue weighted by atomic mass is 9.82. The Morgan fingerprint density at radius 3 is 2.80 bits per heavy atom. The molecular weight excluding hydrogens is 250 g/mol. The molecule has 2 rings (SSSR count). The van der Waals surface area contributed by atoms with Crippen LogP contribution in [0.5, 0.6) is 0 Å². The number of nitrogen functional groups attached to an aromatic ring is 1. The lowest BCUT2D eigenvalue weighted by Gasteiger charge is -2.27. The van der Waals surface area contributed by atoms with Gasteiger partial charge in [-0.3, -0.25) is 0 Å². The van der Waals surface area contributed by atoms with Gasteiger partial charge in [-0.25, -0.2) is 15.8 Å². The highest BCUT2D eigenvalue weighted by Crippen LogP contribution is 2.28. The van der Waals surface area contributed by atoms with Crippen LogP contribution in [0.25, 0.3) is 0 Å². The quantitative estimate of drug-likeness (QED) is 0.550. The summed E-state index contributed by atoms with van der Waals surface area (Å²) in [6, 6.07) is 1.88. The van der Waals surface area contributed by atoms with Crippen LogP contribution in [-0.4, -0.2) is 16.5 Å². The second-order valence-electron chi connectivity index (χ2n) is 5.97. The zero-order valence-corrected chi connectivity index (χ0v) is 12.7. The summed E-state index contributed by atoms with van der Waals surface area (Å²) >= 11 is 0. The first-order valence-electron chi connectivity index (χ1n) is 7.79. The predicted molar refractivity (Wildman–Crippen MR) is 83.4 cm³/mol. The van der Waals surface area contributed by atoms with Crippen LogP contribution in [0.4, 0.5) is 11.6 Å². The third-order valence-corrected chi connectivity index (χ3v) is 4.01. The van der Waals surface area contributed by atoms with E-state index in [-0.39, 0.29) is 0 Å². The fourth-order valence-corrected chi connectivity index (χ4v) is 2.99. The molecule has 0 amide bonds. The molecule has 2 unspecified atom stereocenters. The van der Waals surface area contributed by atoms with Crippen molar-refractivity contribution in [1.29, 1.82) is 0 Å². The van der Waals surface area contributed by atoms with Crippen molar-refractivity contribution in [2.45, 2.75) is 52.4 Å². The molecule has 0 aromatic carbocycles. The molecule has 0 spiro atoms. The fraction of sp³-hybridized carbons (Fsp3) is 0.733. The molecule has 1 saturated carbocycles. The number of rotatable bonds is 6. The molecule has 0 bridgehead atoms. The number of aromatic nitrogens is 2. The largest absolute Gasteiger partial charge is 0.370 e. The maximum Gasteiger partial charge on any atom is 0.145 e. The van der Waals surface area contributed by atoms with E-state index in [0.29, 0.717) is 5.82 Å². The second kappa shape index (κ2) is 7.43. The van der Waals surface area contributed by atoms with Crippen molar-refractivity contribution < 1.29 is 0 Å². The average Bonchev–Trinajstić information content (AvgIpc) is 2.45. The molecule has 0 aliphatic heterocycles. The number of anilines is 2. The molecule has 2 atom stereocenters. The number of nitrogens with zero attached hydrogens (tertiary/aromatic N) is 2. The molecule has 5 nitrogen and oxygen atoms in total. The van der Waals surface area contributed by atoms with Crippen molar-refractivity contribution in [2.75, 3.05) is 17.3 Å². The Morgan fingerprint density at radius 1 is 1.30 bits per heavy atom. The van der Waals surface area contributed by atoms with Gasteiger partial charge in [-0.05, 0) is 31.1 Å². The molecule has 1 aromatic rings. The summed E-state index contributed by atoms with van der Waals surface area (Å²) in [7, 11) is 0. The van der Waals surface area contributed by atoms with E-state index in [1.54, 1.807) is 0 Å². The minimum Gasteiger partial charge on any atom is -0.370 e. The number of nitrogens with two attached hydrogens (primary N) is 1. The van der Waals surface area contributed by atoms with Crippen LogP contribution in [0, 0.1) is 11.8 Å². The van der Waals surface area contributed by atoms with E-state index in [1.807, 2.05) is 6.07 Å². The van der Waals surface area contributed by atoms with Crippen molar-refractivity contribution in [2.24, 2.45) is 17.7 Å². The monoisotopic (exact) mass is 277 g/mol. The van der Waals surface area contributed by atoms with Gasteiger partial charge in [-0.15, -0.1) is 0 Å². The van der Waals surface area contributed by atoms with Gasteiger partial charge in [0.05, 0.1) is 0 Å². The summed E-state index contributed by atoms with van der Waals surface area (Å²) in [6.45, 7) is 5.48. The molecular formula is C15H27N5. The number of hydrogen-bond donors (Lipinski definition) is 3. The number of aryl methyl sites for hydroxylation is 1. The Labute approximate surface area is 121 Å². The van der Waals surface area contributed by atoms with Crippen molar-refractivity contribution >= 4 is 11.6 Å². The minimum atomic E-state index is 0.683. The fourth-order valence-electron chi connectivity index (χ4n) is 2.99. The van der Waals surface area contributed by atoms with Crippen LogP contribution in [0.15, 0.2) is 6.07 Å². The summed E-state index contributed by atoms with van der Waals surface area (Å²) in [5, 5.41) is 3.46. The van der Waals surface area contributed by atoms with Crippen LogP contribution in [0.3, 0.4) is 0 Å². The highest BCUT2D eigenvalue weighted by molar-refractivity contribution is 5.46. The van der Waals surface area contributed by atoms with Gasteiger partial charge in [0, 0.05) is 19.0 Å². The van der Waals surface area contributed by atoms with E-state index in [2.05, 4.69) is 34.6 Å². The lowest BCUT2D eigenvalue weighted by Crippen LogP contribution is -2.22. The summed E-state index contributed by atoms with van der Waals surface area (Å²) < 4.78 is 0. The topological polar surface area (TPSA) is 75.9 Å². The lowest BCUT2D eigenvalue weighted by molar-refractivity contribution is 0.293. The van der Waals surface area contributed by atoms with Crippen molar-refractivity contribution in [1.82, 2.24) is 9.97 Å². The maximum atomic E-state index is 5.47. The van der Waals surface area contributed by atoms with Crippen molar-refractivity contribution in [3.63, 3.8) is 0 Å². The van der Waals surface area contributed by atoms with Crippen LogP contribution < -0.4 is 16.6 Å². The molecule has 1 heterocycles. The predicted octanol–water partition coefficient (Wildman–Crippen LogP) is 2.95. The first kappa shape index (κ1) is 15.0. The van der Waals surface area contributed by atoms with Crippen LogP contribution in [-0.2, 0) is 6.42 Å². The maximum absolute atomic E-state index is 5.47. The Kier molecular flexibility index (Phi) is 5.59. The Morgan fingerprint density at radius 2 is 2.10 bits per heavy atom. The highest BCUT2D eigenvalue weighted by Gasteiger charge is 2.18.